The number of carbonyl (C=O) groups is 1. The molecule has 1 saturated carbocycles. The molecule has 5 heteroatoms. The monoisotopic (exact) mass is 283 g/mol. The van der Waals surface area contributed by atoms with Crippen LogP contribution in [0.15, 0.2) is 17.0 Å². The molecule has 1 fully saturated rings. The predicted molar refractivity (Wildman–Crippen MR) is 64.9 cm³/mol. The first-order valence-electron chi connectivity index (χ1n) is 5.54. The summed E-state index contributed by atoms with van der Waals surface area (Å²) in [5.41, 5.74) is 0. The van der Waals surface area contributed by atoms with Gasteiger partial charge in [-0.05, 0) is 28.8 Å². The zero-order chi connectivity index (χ0) is 11.4. The third kappa shape index (κ3) is 3.01. The number of nitrogens with one attached hydrogen (secondary N) is 1. The van der Waals surface area contributed by atoms with Gasteiger partial charge >= 0.3 is 0 Å². The molecule has 2 rings (SSSR count). The molecule has 0 saturated heterocycles. The summed E-state index contributed by atoms with van der Waals surface area (Å²) in [5, 5.41) is 2.81. The van der Waals surface area contributed by atoms with E-state index in [0.717, 1.165) is 25.7 Å². The summed E-state index contributed by atoms with van der Waals surface area (Å²) in [7, 11) is 0. The average molecular weight is 284 g/mol. The van der Waals surface area contributed by atoms with Gasteiger partial charge in [0, 0.05) is 5.92 Å². The van der Waals surface area contributed by atoms with Crippen molar-refractivity contribution in [2.45, 2.75) is 32.1 Å². The Morgan fingerprint density at radius 2 is 2.00 bits per heavy atom. The molecule has 0 unspecified atom stereocenters. The van der Waals surface area contributed by atoms with Gasteiger partial charge in [0.15, 0.2) is 5.82 Å². The Bertz CT molecular complexity index is 360. The van der Waals surface area contributed by atoms with E-state index in [1.165, 1.54) is 6.42 Å². The van der Waals surface area contributed by atoms with E-state index in [4.69, 9.17) is 0 Å². The summed E-state index contributed by atoms with van der Waals surface area (Å²) in [6.45, 7) is 0. The molecular weight excluding hydrogens is 270 g/mol. The van der Waals surface area contributed by atoms with Crippen LogP contribution in [0.1, 0.15) is 32.1 Å². The topological polar surface area (TPSA) is 54.9 Å². The van der Waals surface area contributed by atoms with Crippen molar-refractivity contribution >= 4 is 27.7 Å². The molecule has 16 heavy (non-hydrogen) atoms. The van der Waals surface area contributed by atoms with E-state index >= 15 is 0 Å². The van der Waals surface area contributed by atoms with Crippen molar-refractivity contribution in [3.05, 3.63) is 17.0 Å². The minimum absolute atomic E-state index is 0.0799. The molecule has 1 N–H and O–H groups in total. The molecule has 1 aromatic heterocycles. The minimum atomic E-state index is 0.0799. The first-order chi connectivity index (χ1) is 7.75. The molecule has 1 aliphatic rings. The molecule has 0 atom stereocenters. The minimum Gasteiger partial charge on any atom is -0.309 e. The number of carbonyl (C=O) groups excluding carboxylic acids is 1. The summed E-state index contributed by atoms with van der Waals surface area (Å²) in [4.78, 5) is 20.0. The Kier molecular flexibility index (Phi) is 3.88. The third-order valence-electron chi connectivity index (χ3n) is 2.85. The van der Waals surface area contributed by atoms with Crippen LogP contribution in [0.4, 0.5) is 5.82 Å². The number of anilines is 1. The number of rotatable bonds is 2. The molecule has 86 valence electrons. The second kappa shape index (κ2) is 5.39. The van der Waals surface area contributed by atoms with Crippen molar-refractivity contribution in [2.75, 3.05) is 5.32 Å². The Morgan fingerprint density at radius 1 is 1.25 bits per heavy atom. The van der Waals surface area contributed by atoms with E-state index in [2.05, 4.69) is 31.2 Å². The predicted octanol–water partition coefficient (Wildman–Crippen LogP) is 2.76. The van der Waals surface area contributed by atoms with Gasteiger partial charge in [0.1, 0.15) is 4.60 Å². The van der Waals surface area contributed by atoms with Gasteiger partial charge in [-0.2, -0.15) is 0 Å². The highest BCUT2D eigenvalue weighted by Gasteiger charge is 2.21. The Morgan fingerprint density at radius 3 is 2.62 bits per heavy atom. The number of halogens is 1. The van der Waals surface area contributed by atoms with Gasteiger partial charge < -0.3 is 5.32 Å². The first-order valence-corrected chi connectivity index (χ1v) is 6.33. The van der Waals surface area contributed by atoms with Gasteiger partial charge in [0.05, 0.1) is 12.4 Å². The van der Waals surface area contributed by atoms with Crippen molar-refractivity contribution in [1.82, 2.24) is 9.97 Å². The normalized spacial score (nSPS) is 17.1. The molecule has 0 radical (unpaired) electrons. The quantitative estimate of drug-likeness (QED) is 0.908. The molecule has 1 aromatic rings. The van der Waals surface area contributed by atoms with E-state index in [9.17, 15) is 4.79 Å². The van der Waals surface area contributed by atoms with Crippen LogP contribution in [-0.2, 0) is 4.79 Å². The van der Waals surface area contributed by atoms with Crippen LogP contribution in [0.3, 0.4) is 0 Å². The largest absolute Gasteiger partial charge is 0.309 e. The fourth-order valence-electron chi connectivity index (χ4n) is 1.97. The van der Waals surface area contributed by atoms with Crippen molar-refractivity contribution in [3.63, 3.8) is 0 Å². The van der Waals surface area contributed by atoms with Gasteiger partial charge in [-0.25, -0.2) is 9.97 Å². The van der Waals surface area contributed by atoms with Crippen molar-refractivity contribution in [2.24, 2.45) is 5.92 Å². The summed E-state index contributed by atoms with van der Waals surface area (Å²) in [5.74, 6) is 0.759. The molecule has 4 nitrogen and oxygen atoms in total. The molecule has 0 aliphatic heterocycles. The second-order valence-electron chi connectivity index (χ2n) is 4.05. The van der Waals surface area contributed by atoms with Crippen LogP contribution in [0.5, 0.6) is 0 Å². The summed E-state index contributed by atoms with van der Waals surface area (Å²) < 4.78 is 0.670. The summed E-state index contributed by atoms with van der Waals surface area (Å²) >= 11 is 3.20. The molecular formula is C11H14BrN3O. The number of nitrogens with zero attached hydrogens (tertiary/aromatic N) is 2. The Labute approximate surface area is 103 Å². The molecule has 1 amide bonds. The number of aromatic nitrogens is 2. The average Bonchev–Trinajstić information content (AvgIpc) is 2.33. The lowest BCUT2D eigenvalue weighted by Gasteiger charge is -2.20. The smallest absolute Gasteiger partial charge is 0.228 e. The first kappa shape index (κ1) is 11.5. The number of hydrogen-bond acceptors (Lipinski definition) is 3. The van der Waals surface area contributed by atoms with Gasteiger partial charge in [0.25, 0.3) is 0 Å². The van der Waals surface area contributed by atoms with Gasteiger partial charge in [-0.15, -0.1) is 0 Å². The summed E-state index contributed by atoms with van der Waals surface area (Å²) in [6, 6.07) is 0. The molecule has 0 aromatic carbocycles. The number of hydrogen-bond donors (Lipinski definition) is 1. The highest BCUT2D eigenvalue weighted by molar-refractivity contribution is 9.10. The lowest BCUT2D eigenvalue weighted by atomic mass is 9.89. The zero-order valence-electron chi connectivity index (χ0n) is 8.95. The van der Waals surface area contributed by atoms with Crippen LogP contribution >= 0.6 is 15.9 Å². The molecule has 0 bridgehead atoms. The van der Waals surface area contributed by atoms with E-state index in [1.54, 1.807) is 12.4 Å². The van der Waals surface area contributed by atoms with E-state index in [1.807, 2.05) is 0 Å². The van der Waals surface area contributed by atoms with Crippen molar-refractivity contribution in [1.29, 1.82) is 0 Å². The van der Waals surface area contributed by atoms with Gasteiger partial charge in [-0.3, -0.25) is 4.79 Å². The van der Waals surface area contributed by atoms with Gasteiger partial charge in [-0.1, -0.05) is 19.3 Å². The Hall–Kier alpha value is -0.970. The molecule has 1 heterocycles. The third-order valence-corrected chi connectivity index (χ3v) is 3.26. The Balaban J connectivity index is 1.93. The SMILES string of the molecule is O=C(Nc1cnc(Br)cn1)C1CCCCC1. The summed E-state index contributed by atoms with van der Waals surface area (Å²) in [6.07, 6.45) is 8.70. The standard InChI is InChI=1S/C11H14BrN3O/c12-9-6-14-10(7-13-9)15-11(16)8-4-2-1-3-5-8/h6-8H,1-5H2,(H,14,15,16). The lowest BCUT2D eigenvalue weighted by molar-refractivity contribution is -0.120. The molecule has 0 spiro atoms. The lowest BCUT2D eigenvalue weighted by Crippen LogP contribution is -2.25. The van der Waals surface area contributed by atoms with Crippen molar-refractivity contribution < 1.29 is 4.79 Å². The zero-order valence-corrected chi connectivity index (χ0v) is 10.5. The van der Waals surface area contributed by atoms with E-state index in [-0.39, 0.29) is 11.8 Å². The maximum absolute atomic E-state index is 11.9. The highest BCUT2D eigenvalue weighted by Crippen LogP contribution is 2.24. The van der Waals surface area contributed by atoms with Crippen LogP contribution in [0.25, 0.3) is 0 Å². The van der Waals surface area contributed by atoms with Gasteiger partial charge in [0.2, 0.25) is 5.91 Å². The second-order valence-corrected chi connectivity index (χ2v) is 4.86. The maximum Gasteiger partial charge on any atom is 0.228 e. The fourth-order valence-corrected chi connectivity index (χ4v) is 2.17. The van der Waals surface area contributed by atoms with Crippen LogP contribution in [0.2, 0.25) is 0 Å². The van der Waals surface area contributed by atoms with Crippen LogP contribution in [-0.4, -0.2) is 15.9 Å². The van der Waals surface area contributed by atoms with Crippen LogP contribution in [0, 0.1) is 5.92 Å². The van der Waals surface area contributed by atoms with E-state index in [0.29, 0.717) is 10.4 Å². The highest BCUT2D eigenvalue weighted by atomic mass is 79.9. The fraction of sp³-hybridized carbons (Fsp3) is 0.545. The van der Waals surface area contributed by atoms with Crippen molar-refractivity contribution in [3.8, 4) is 0 Å². The molecule has 1 aliphatic carbocycles. The number of amides is 1. The maximum atomic E-state index is 11.9. The van der Waals surface area contributed by atoms with Crippen LogP contribution < -0.4 is 5.32 Å². The van der Waals surface area contributed by atoms with E-state index < -0.39 is 0 Å².